The summed E-state index contributed by atoms with van der Waals surface area (Å²) in [6.45, 7) is 2.01. The number of hydrogen-bond acceptors (Lipinski definition) is 3. The lowest BCUT2D eigenvalue weighted by atomic mass is 9.69. The Balaban J connectivity index is 1.37. The average molecular weight is 428 g/mol. The Hall–Kier alpha value is -3.27. The Labute approximate surface area is 189 Å². The summed E-state index contributed by atoms with van der Waals surface area (Å²) in [5, 5.41) is 10.0. The van der Waals surface area contributed by atoms with Crippen molar-refractivity contribution in [3.05, 3.63) is 95.1 Å². The first-order valence-corrected chi connectivity index (χ1v) is 11.6. The van der Waals surface area contributed by atoms with Crippen LogP contribution in [0, 0.1) is 0 Å². The zero-order chi connectivity index (χ0) is 21.9. The van der Waals surface area contributed by atoms with E-state index in [9.17, 15) is 9.90 Å². The number of aryl methyl sites for hydroxylation is 1. The monoisotopic (exact) mass is 427 g/mol. The van der Waals surface area contributed by atoms with Gasteiger partial charge in [-0.25, -0.2) is 0 Å². The summed E-state index contributed by atoms with van der Waals surface area (Å²) in [5.41, 5.74) is 5.14. The molecule has 0 radical (unpaired) electrons. The second kappa shape index (κ2) is 9.07. The van der Waals surface area contributed by atoms with Crippen LogP contribution in [-0.2, 0) is 11.2 Å². The molecule has 0 spiro atoms. The van der Waals surface area contributed by atoms with E-state index in [-0.39, 0.29) is 11.8 Å². The molecule has 3 aromatic carbocycles. The molecule has 1 aliphatic heterocycles. The second-order valence-corrected chi connectivity index (χ2v) is 8.82. The second-order valence-electron chi connectivity index (χ2n) is 8.82. The van der Waals surface area contributed by atoms with E-state index in [2.05, 4.69) is 48.5 Å². The number of aromatic hydroxyl groups is 1. The van der Waals surface area contributed by atoms with Crippen molar-refractivity contribution in [2.45, 2.75) is 37.5 Å². The van der Waals surface area contributed by atoms with Crippen molar-refractivity contribution in [1.29, 1.82) is 0 Å². The van der Waals surface area contributed by atoms with Crippen LogP contribution >= 0.6 is 0 Å². The molecule has 0 bridgehead atoms. The first kappa shape index (κ1) is 20.6. The van der Waals surface area contributed by atoms with Gasteiger partial charge in [-0.15, -0.1) is 0 Å². The smallest absolute Gasteiger partial charge is 0.222 e. The molecule has 1 amide bonds. The number of carbonyl (C=O) groups is 1. The molecule has 5 rings (SSSR count). The Morgan fingerprint density at radius 3 is 2.50 bits per heavy atom. The maximum atomic E-state index is 11.8. The number of amides is 1. The maximum Gasteiger partial charge on any atom is 0.222 e. The summed E-state index contributed by atoms with van der Waals surface area (Å²) in [5.74, 6) is 2.02. The van der Waals surface area contributed by atoms with Crippen LogP contribution in [0.1, 0.15) is 53.4 Å². The van der Waals surface area contributed by atoms with Crippen LogP contribution < -0.4 is 4.74 Å². The third kappa shape index (κ3) is 4.22. The Morgan fingerprint density at radius 2 is 1.75 bits per heavy atom. The van der Waals surface area contributed by atoms with Crippen LogP contribution in [0.3, 0.4) is 0 Å². The zero-order valence-electron chi connectivity index (χ0n) is 18.2. The molecule has 164 valence electrons. The highest BCUT2D eigenvalue weighted by Crippen LogP contribution is 2.47. The molecule has 32 heavy (non-hydrogen) atoms. The van der Waals surface area contributed by atoms with Gasteiger partial charge in [0.05, 0.1) is 6.54 Å². The van der Waals surface area contributed by atoms with Crippen molar-refractivity contribution >= 4 is 5.91 Å². The summed E-state index contributed by atoms with van der Waals surface area (Å²) in [6, 6.07) is 24.9. The van der Waals surface area contributed by atoms with Gasteiger partial charge in [0.15, 0.2) is 0 Å². The largest absolute Gasteiger partial charge is 0.508 e. The topological polar surface area (TPSA) is 49.8 Å². The van der Waals surface area contributed by atoms with E-state index in [1.807, 2.05) is 23.1 Å². The minimum absolute atomic E-state index is 0.234. The number of hydrogen-bond donors (Lipinski definition) is 1. The van der Waals surface area contributed by atoms with Crippen molar-refractivity contribution in [1.82, 2.24) is 4.90 Å². The number of likely N-dealkylation sites (tertiary alicyclic amines) is 1. The van der Waals surface area contributed by atoms with Gasteiger partial charge in [0.25, 0.3) is 0 Å². The summed E-state index contributed by atoms with van der Waals surface area (Å²) in [4.78, 5) is 13.6. The molecular formula is C28H29NO3. The molecule has 4 heteroatoms. The van der Waals surface area contributed by atoms with Gasteiger partial charge in [-0.1, -0.05) is 48.5 Å². The van der Waals surface area contributed by atoms with Crippen LogP contribution in [0.2, 0.25) is 0 Å². The maximum absolute atomic E-state index is 11.8. The Morgan fingerprint density at radius 1 is 0.938 bits per heavy atom. The van der Waals surface area contributed by atoms with Crippen molar-refractivity contribution in [3.63, 3.8) is 0 Å². The molecule has 1 N–H and O–H groups in total. The number of phenols is 1. The van der Waals surface area contributed by atoms with Gasteiger partial charge in [-0.2, -0.15) is 0 Å². The van der Waals surface area contributed by atoms with E-state index < -0.39 is 0 Å². The summed E-state index contributed by atoms with van der Waals surface area (Å²) in [7, 11) is 0. The van der Waals surface area contributed by atoms with E-state index in [0.29, 0.717) is 31.2 Å². The zero-order valence-corrected chi connectivity index (χ0v) is 18.2. The lowest BCUT2D eigenvalue weighted by molar-refractivity contribution is -0.128. The standard InChI is InChI=1S/C28H29NO3/c30-23-11-15-26-22(19-23)10-14-25(20-5-2-1-3-6-20)28(26)21-8-12-24(13-9-21)32-18-17-29-16-4-7-27(29)31/h1-3,5-6,8-9,11-13,15,19,25,28,30H,4,7,10,14,16-18H2/t25-,28-/m0/s1. The molecule has 1 aliphatic carbocycles. The van der Waals surface area contributed by atoms with E-state index in [0.717, 1.165) is 31.6 Å². The number of nitrogens with zero attached hydrogens (tertiary/aromatic N) is 1. The van der Waals surface area contributed by atoms with Gasteiger partial charge < -0.3 is 14.7 Å². The number of rotatable bonds is 6. The summed E-state index contributed by atoms with van der Waals surface area (Å²) >= 11 is 0. The number of ether oxygens (including phenoxy) is 1. The third-order valence-electron chi connectivity index (χ3n) is 6.86. The van der Waals surface area contributed by atoms with Crippen LogP contribution in [0.25, 0.3) is 0 Å². The van der Waals surface area contributed by atoms with E-state index >= 15 is 0 Å². The lowest BCUT2D eigenvalue weighted by Gasteiger charge is -2.35. The molecular weight excluding hydrogens is 398 g/mol. The van der Waals surface area contributed by atoms with E-state index in [1.165, 1.54) is 22.3 Å². The van der Waals surface area contributed by atoms with Crippen molar-refractivity contribution in [2.24, 2.45) is 0 Å². The predicted molar refractivity (Wildman–Crippen MR) is 125 cm³/mol. The fraction of sp³-hybridized carbons (Fsp3) is 0.321. The summed E-state index contributed by atoms with van der Waals surface area (Å²) in [6.07, 6.45) is 3.64. The van der Waals surface area contributed by atoms with Crippen LogP contribution in [-0.4, -0.2) is 35.6 Å². The molecule has 4 nitrogen and oxygen atoms in total. The highest BCUT2D eigenvalue weighted by atomic mass is 16.5. The number of benzene rings is 3. The lowest BCUT2D eigenvalue weighted by Crippen LogP contribution is -2.29. The van der Waals surface area contributed by atoms with Gasteiger partial charge in [-0.3, -0.25) is 4.79 Å². The van der Waals surface area contributed by atoms with E-state index in [1.54, 1.807) is 6.07 Å². The molecule has 0 unspecified atom stereocenters. The number of phenolic OH excluding ortho intramolecular Hbond substituents is 1. The fourth-order valence-electron chi connectivity index (χ4n) is 5.26. The highest BCUT2D eigenvalue weighted by Gasteiger charge is 2.32. The SMILES string of the molecule is O=C1CCCN1CCOc1ccc([C@@H]2c3ccc(O)cc3CC[C@H]2c2ccccc2)cc1. The fourth-order valence-corrected chi connectivity index (χ4v) is 5.26. The van der Waals surface area contributed by atoms with Gasteiger partial charge in [-0.05, 0) is 71.7 Å². The van der Waals surface area contributed by atoms with Crippen LogP contribution in [0.4, 0.5) is 0 Å². The number of fused-ring (bicyclic) bond motifs is 1. The first-order valence-electron chi connectivity index (χ1n) is 11.6. The molecule has 2 aliphatic rings. The first-order chi connectivity index (χ1) is 15.7. The molecule has 1 fully saturated rings. The van der Waals surface area contributed by atoms with Crippen molar-refractivity contribution in [2.75, 3.05) is 19.7 Å². The Kier molecular flexibility index (Phi) is 5.85. The van der Waals surface area contributed by atoms with Gasteiger partial charge in [0, 0.05) is 18.9 Å². The molecule has 0 saturated carbocycles. The molecule has 2 atom stereocenters. The van der Waals surface area contributed by atoms with Crippen LogP contribution in [0.15, 0.2) is 72.8 Å². The van der Waals surface area contributed by atoms with Crippen LogP contribution in [0.5, 0.6) is 11.5 Å². The molecule has 3 aromatic rings. The third-order valence-corrected chi connectivity index (χ3v) is 6.86. The molecule has 1 heterocycles. The van der Waals surface area contributed by atoms with E-state index in [4.69, 9.17) is 4.74 Å². The average Bonchev–Trinajstić information content (AvgIpc) is 3.24. The van der Waals surface area contributed by atoms with Crippen molar-refractivity contribution < 1.29 is 14.6 Å². The van der Waals surface area contributed by atoms with Gasteiger partial charge >= 0.3 is 0 Å². The number of carbonyl (C=O) groups excluding carboxylic acids is 1. The Bertz CT molecular complexity index is 1080. The highest BCUT2D eigenvalue weighted by molar-refractivity contribution is 5.78. The predicted octanol–water partition coefficient (Wildman–Crippen LogP) is 5.26. The molecule has 0 aromatic heterocycles. The quantitative estimate of drug-likeness (QED) is 0.584. The summed E-state index contributed by atoms with van der Waals surface area (Å²) < 4.78 is 5.93. The minimum Gasteiger partial charge on any atom is -0.508 e. The molecule has 1 saturated heterocycles. The minimum atomic E-state index is 0.234. The normalized spacial score (nSPS) is 20.2. The van der Waals surface area contributed by atoms with Gasteiger partial charge in [0.2, 0.25) is 5.91 Å². The van der Waals surface area contributed by atoms with Gasteiger partial charge in [0.1, 0.15) is 18.1 Å². The van der Waals surface area contributed by atoms with Crippen molar-refractivity contribution in [3.8, 4) is 11.5 Å².